The highest BCUT2D eigenvalue weighted by atomic mass is 19.3. The molecule has 0 saturated heterocycles. The zero-order valence-electron chi connectivity index (χ0n) is 8.42. The maximum absolute atomic E-state index is 11.8. The molecule has 0 N–H and O–H groups in total. The topological polar surface area (TPSA) is 81.5 Å². The molecule has 0 unspecified atom stereocenters. The van der Waals surface area contributed by atoms with E-state index in [1.165, 1.54) is 24.3 Å². The van der Waals surface area contributed by atoms with E-state index in [-0.39, 0.29) is 5.75 Å². The minimum Gasteiger partial charge on any atom is -0.435 e. The van der Waals surface area contributed by atoms with E-state index in [4.69, 9.17) is 10.5 Å². The van der Waals surface area contributed by atoms with E-state index >= 15 is 0 Å². The van der Waals surface area contributed by atoms with Crippen LogP contribution in [0.1, 0.15) is 0 Å². The minimum atomic E-state index is -2.89. The van der Waals surface area contributed by atoms with Crippen LogP contribution in [0.2, 0.25) is 0 Å². The van der Waals surface area contributed by atoms with E-state index in [0.29, 0.717) is 5.69 Å². The number of azo groups is 1. The highest BCUT2D eigenvalue weighted by molar-refractivity contribution is 5.40. The molecule has 1 aromatic rings. The van der Waals surface area contributed by atoms with Gasteiger partial charge in [-0.1, -0.05) is 0 Å². The van der Waals surface area contributed by atoms with Crippen molar-refractivity contribution >= 4 is 5.69 Å². The molecule has 0 heterocycles. The summed E-state index contributed by atoms with van der Waals surface area (Å²) in [6.07, 6.45) is 0. The second-order valence-corrected chi connectivity index (χ2v) is 2.75. The number of hydrogen-bond donors (Lipinski definition) is 0. The Morgan fingerprint density at radius 1 is 1.12 bits per heavy atom. The average molecular weight is 236 g/mol. The van der Waals surface area contributed by atoms with Gasteiger partial charge >= 0.3 is 6.61 Å². The largest absolute Gasteiger partial charge is 0.435 e. The Balaban J connectivity index is 2.69. The fourth-order valence-corrected chi connectivity index (χ4v) is 0.899. The van der Waals surface area contributed by atoms with Crippen LogP contribution in [0.5, 0.6) is 5.75 Å². The van der Waals surface area contributed by atoms with Crippen molar-refractivity contribution < 1.29 is 13.5 Å². The lowest BCUT2D eigenvalue weighted by atomic mass is 10.3. The van der Waals surface area contributed by atoms with Gasteiger partial charge in [-0.05, 0) is 24.3 Å². The summed E-state index contributed by atoms with van der Waals surface area (Å²) in [6.45, 7) is -2.89. The van der Waals surface area contributed by atoms with Gasteiger partial charge in [-0.3, -0.25) is 0 Å². The Kier molecular flexibility index (Phi) is 4.52. The lowest BCUT2D eigenvalue weighted by Gasteiger charge is -2.03. The number of ether oxygens (including phenoxy) is 1. The quantitative estimate of drug-likeness (QED) is 0.753. The third-order valence-electron chi connectivity index (χ3n) is 1.60. The van der Waals surface area contributed by atoms with Crippen LogP contribution in [0, 0.1) is 22.7 Å². The molecule has 0 amide bonds. The van der Waals surface area contributed by atoms with Crippen LogP contribution < -0.4 is 4.74 Å². The van der Waals surface area contributed by atoms with Gasteiger partial charge in [0.2, 0.25) is 6.04 Å². The van der Waals surface area contributed by atoms with Crippen molar-refractivity contribution in [2.75, 3.05) is 0 Å². The van der Waals surface area contributed by atoms with Crippen molar-refractivity contribution in [2.24, 2.45) is 10.2 Å². The summed E-state index contributed by atoms with van der Waals surface area (Å²) in [5.74, 6) is -0.00364. The predicted molar refractivity (Wildman–Crippen MR) is 52.6 cm³/mol. The van der Waals surface area contributed by atoms with Crippen LogP contribution in [-0.4, -0.2) is 12.7 Å². The number of hydrogen-bond acceptors (Lipinski definition) is 5. The Morgan fingerprint density at radius 2 is 1.71 bits per heavy atom. The van der Waals surface area contributed by atoms with Crippen molar-refractivity contribution in [3.05, 3.63) is 24.3 Å². The molecule has 5 nitrogen and oxygen atoms in total. The summed E-state index contributed by atoms with van der Waals surface area (Å²) in [6, 6.07) is 7.39. The van der Waals surface area contributed by atoms with Gasteiger partial charge in [-0.25, -0.2) is 0 Å². The van der Waals surface area contributed by atoms with Crippen molar-refractivity contribution in [2.45, 2.75) is 12.7 Å². The summed E-state index contributed by atoms with van der Waals surface area (Å²) in [7, 11) is 0. The van der Waals surface area contributed by atoms with Crippen LogP contribution in [0.25, 0.3) is 0 Å². The summed E-state index contributed by atoms with van der Waals surface area (Å²) >= 11 is 0. The van der Waals surface area contributed by atoms with Gasteiger partial charge in [0.1, 0.15) is 17.9 Å². The normalized spacial score (nSPS) is 10.5. The number of nitriles is 2. The fraction of sp³-hybridized carbons (Fsp3) is 0.200. The van der Waals surface area contributed by atoms with Crippen LogP contribution in [0.4, 0.5) is 14.5 Å². The summed E-state index contributed by atoms with van der Waals surface area (Å²) in [4.78, 5) is 0. The highest BCUT2D eigenvalue weighted by Crippen LogP contribution is 2.20. The van der Waals surface area contributed by atoms with Crippen molar-refractivity contribution in [3.8, 4) is 17.9 Å². The van der Waals surface area contributed by atoms with E-state index < -0.39 is 12.7 Å². The minimum absolute atomic E-state index is 0.00364. The third-order valence-corrected chi connectivity index (χ3v) is 1.60. The second kappa shape index (κ2) is 6.13. The molecule has 17 heavy (non-hydrogen) atoms. The maximum atomic E-state index is 11.8. The fourth-order valence-electron chi connectivity index (χ4n) is 0.899. The first kappa shape index (κ1) is 12.5. The van der Waals surface area contributed by atoms with E-state index in [9.17, 15) is 8.78 Å². The van der Waals surface area contributed by atoms with Crippen LogP contribution in [0.15, 0.2) is 34.5 Å². The van der Waals surface area contributed by atoms with Gasteiger partial charge in [0, 0.05) is 0 Å². The van der Waals surface area contributed by atoms with Crippen molar-refractivity contribution in [3.63, 3.8) is 0 Å². The zero-order valence-corrected chi connectivity index (χ0v) is 8.42. The van der Waals surface area contributed by atoms with Crippen LogP contribution >= 0.6 is 0 Å². The molecule has 0 atom stereocenters. The van der Waals surface area contributed by atoms with Crippen LogP contribution in [-0.2, 0) is 0 Å². The van der Waals surface area contributed by atoms with E-state index in [1.807, 2.05) is 0 Å². The van der Waals surface area contributed by atoms with Gasteiger partial charge in [-0.15, -0.1) is 0 Å². The Bertz CT molecular complexity index is 459. The lowest BCUT2D eigenvalue weighted by Crippen LogP contribution is -2.01. The molecule has 0 bridgehead atoms. The molecular formula is C10H6F2N4O. The Labute approximate surface area is 95.6 Å². The Morgan fingerprint density at radius 3 is 2.18 bits per heavy atom. The summed E-state index contributed by atoms with van der Waals surface area (Å²) in [5.41, 5.74) is 0.335. The molecule has 86 valence electrons. The molecule has 0 spiro atoms. The molecule has 0 fully saturated rings. The zero-order chi connectivity index (χ0) is 12.7. The van der Waals surface area contributed by atoms with E-state index in [0.717, 1.165) is 0 Å². The van der Waals surface area contributed by atoms with E-state index in [1.54, 1.807) is 12.1 Å². The number of benzene rings is 1. The first-order valence-corrected chi connectivity index (χ1v) is 4.40. The van der Waals surface area contributed by atoms with Gasteiger partial charge in [0.15, 0.2) is 0 Å². The SMILES string of the molecule is N#CC(C#N)N=Nc1ccc(OC(F)F)cc1. The predicted octanol–water partition coefficient (Wildman–Crippen LogP) is 2.79. The molecule has 0 radical (unpaired) electrons. The summed E-state index contributed by atoms with van der Waals surface area (Å²) in [5, 5.41) is 23.9. The smallest absolute Gasteiger partial charge is 0.387 e. The molecule has 7 heteroatoms. The monoisotopic (exact) mass is 236 g/mol. The molecule has 0 aliphatic carbocycles. The van der Waals surface area contributed by atoms with Gasteiger partial charge in [0.05, 0.1) is 5.69 Å². The number of alkyl halides is 2. The lowest BCUT2D eigenvalue weighted by molar-refractivity contribution is -0.0498. The standard InChI is InChI=1S/C10H6F2N4O/c11-10(12)17-9-3-1-7(2-4-9)15-16-8(5-13)6-14/h1-4,8,10H. The van der Waals surface area contributed by atoms with Crippen molar-refractivity contribution in [1.29, 1.82) is 10.5 Å². The third kappa shape index (κ3) is 4.22. The Hall–Kier alpha value is -2.54. The van der Waals surface area contributed by atoms with Gasteiger partial charge < -0.3 is 4.74 Å². The van der Waals surface area contributed by atoms with Gasteiger partial charge in [0.25, 0.3) is 0 Å². The highest BCUT2D eigenvalue weighted by Gasteiger charge is 2.04. The molecule has 0 aromatic heterocycles. The number of nitrogens with zero attached hydrogens (tertiary/aromatic N) is 4. The first-order chi connectivity index (χ1) is 8.15. The molecule has 0 aliphatic heterocycles. The van der Waals surface area contributed by atoms with Gasteiger partial charge in [-0.2, -0.15) is 29.5 Å². The number of halogens is 2. The molecule has 1 aromatic carbocycles. The van der Waals surface area contributed by atoms with E-state index in [2.05, 4.69) is 15.0 Å². The van der Waals surface area contributed by atoms with Crippen molar-refractivity contribution in [1.82, 2.24) is 0 Å². The molecular weight excluding hydrogens is 230 g/mol. The van der Waals surface area contributed by atoms with Crippen LogP contribution in [0.3, 0.4) is 0 Å². The number of rotatable bonds is 4. The second-order valence-electron chi connectivity index (χ2n) is 2.75. The maximum Gasteiger partial charge on any atom is 0.387 e. The molecule has 0 saturated carbocycles. The molecule has 0 aliphatic rings. The summed E-state index contributed by atoms with van der Waals surface area (Å²) < 4.78 is 27.8. The molecule has 1 rings (SSSR count). The first-order valence-electron chi connectivity index (χ1n) is 4.40. The average Bonchev–Trinajstić information content (AvgIpc) is 2.32.